The third-order valence-electron chi connectivity index (χ3n) is 7.38. The largest absolute Gasteiger partial charge is 0.444 e. The number of hydrogen-bond acceptors (Lipinski definition) is 7. The van der Waals surface area contributed by atoms with Gasteiger partial charge in [0, 0.05) is 24.3 Å². The third-order valence-corrected chi connectivity index (χ3v) is 7.76. The van der Waals surface area contributed by atoms with Crippen molar-refractivity contribution < 1.29 is 18.3 Å². The highest BCUT2D eigenvalue weighted by Crippen LogP contribution is 2.55. The molecular weight excluding hydrogens is 590 g/mol. The lowest BCUT2D eigenvalue weighted by molar-refractivity contribution is 0.0466. The van der Waals surface area contributed by atoms with Crippen LogP contribution in [0.3, 0.4) is 0 Å². The number of nitrogens with one attached hydrogen (secondary N) is 1. The molecule has 12 heteroatoms. The molecule has 0 aromatic carbocycles. The maximum atomic E-state index is 16.4. The summed E-state index contributed by atoms with van der Waals surface area (Å²) in [4.78, 5) is 43.1. The first-order valence-corrected chi connectivity index (χ1v) is 14.5. The van der Waals surface area contributed by atoms with Gasteiger partial charge in [0.2, 0.25) is 0 Å². The molecule has 1 aliphatic rings. The number of aromatic nitrogens is 5. The Kier molecular flexibility index (Phi) is 8.04. The molecule has 0 unspecified atom stereocenters. The lowest BCUT2D eigenvalue weighted by Gasteiger charge is -2.27. The summed E-state index contributed by atoms with van der Waals surface area (Å²) in [6.07, 6.45) is 5.69. The number of alkyl carbamates (subject to hydrolysis) is 1. The van der Waals surface area contributed by atoms with E-state index < -0.39 is 34.4 Å². The zero-order valence-electron chi connectivity index (χ0n) is 25.5. The summed E-state index contributed by atoms with van der Waals surface area (Å²) in [5.74, 6) is -1.08. The average Bonchev–Trinajstić information content (AvgIpc) is 3.72. The number of carbonyl (C=O) groups excluding carboxylic acids is 1. The maximum Gasteiger partial charge on any atom is 0.408 e. The molecule has 2 atom stereocenters. The normalized spacial score (nSPS) is 16.5. The zero-order chi connectivity index (χ0) is 32.1. The Bertz CT molecular complexity index is 1840. The summed E-state index contributed by atoms with van der Waals surface area (Å²) in [6.45, 7) is 12.0. The van der Waals surface area contributed by atoms with Crippen LogP contribution >= 0.6 is 11.6 Å². The zero-order valence-corrected chi connectivity index (χ0v) is 26.3. The van der Waals surface area contributed by atoms with Gasteiger partial charge in [-0.05, 0) is 102 Å². The number of amides is 1. The number of ether oxygens (including phenoxy) is 1. The molecule has 9 nitrogen and oxygen atoms in total. The van der Waals surface area contributed by atoms with Crippen LogP contribution in [-0.4, -0.2) is 36.2 Å². The summed E-state index contributed by atoms with van der Waals surface area (Å²) >= 11 is 6.63. The Labute approximate surface area is 258 Å². The van der Waals surface area contributed by atoms with E-state index in [1.807, 2.05) is 0 Å². The Balaban J connectivity index is 1.50. The van der Waals surface area contributed by atoms with Gasteiger partial charge in [-0.25, -0.2) is 23.5 Å². The van der Waals surface area contributed by atoms with Crippen molar-refractivity contribution in [3.8, 4) is 17.1 Å². The van der Waals surface area contributed by atoms with E-state index in [1.54, 1.807) is 60.7 Å². The fourth-order valence-corrected chi connectivity index (χ4v) is 5.52. The molecule has 0 radical (unpaired) electrons. The van der Waals surface area contributed by atoms with Gasteiger partial charge in [0.05, 0.1) is 23.1 Å². The van der Waals surface area contributed by atoms with Crippen LogP contribution in [0, 0.1) is 25.5 Å². The standard InChI is InChI=1S/C32H33ClF2N6O3/c1-16-13-38-26(23-8-9-37-29(39-23)32(6,7)40-30(43)44-31(3,4)5)25(35)27(16)41-17(2)10-22(24(33)28(41)42)21-12-20(21)18-11-19(34)15-36-14-18/h8-11,13-15,20-21H,12H2,1-7H3,(H,40,43)/t20-,21+/m1/s1. The molecule has 0 bridgehead atoms. The van der Waals surface area contributed by atoms with E-state index in [9.17, 15) is 14.0 Å². The van der Waals surface area contributed by atoms with Crippen LogP contribution in [-0.2, 0) is 10.3 Å². The molecule has 1 N–H and O–H groups in total. The first kappa shape index (κ1) is 31.2. The van der Waals surface area contributed by atoms with Gasteiger partial charge in [-0.3, -0.25) is 19.3 Å². The second-order valence-corrected chi connectivity index (χ2v) is 12.9. The number of hydrogen-bond donors (Lipinski definition) is 1. The van der Waals surface area contributed by atoms with Crippen molar-refractivity contribution in [2.24, 2.45) is 0 Å². The number of aryl methyl sites for hydroxylation is 2. The fraction of sp³-hybridized carbons (Fsp3) is 0.375. The molecule has 0 aliphatic heterocycles. The molecule has 4 heterocycles. The van der Waals surface area contributed by atoms with Crippen LogP contribution in [0.5, 0.6) is 0 Å². The lowest BCUT2D eigenvalue weighted by Crippen LogP contribution is -2.44. The molecule has 0 spiro atoms. The highest BCUT2D eigenvalue weighted by atomic mass is 35.5. The van der Waals surface area contributed by atoms with Crippen LogP contribution in [0.2, 0.25) is 5.02 Å². The quantitative estimate of drug-likeness (QED) is 0.256. The van der Waals surface area contributed by atoms with Crippen LogP contribution < -0.4 is 10.9 Å². The molecule has 1 saturated carbocycles. The first-order chi connectivity index (χ1) is 20.6. The number of halogens is 3. The first-order valence-electron chi connectivity index (χ1n) is 14.1. The van der Waals surface area contributed by atoms with Crippen molar-refractivity contribution in [2.45, 2.75) is 77.9 Å². The Hall–Kier alpha value is -4.25. The Morgan fingerprint density at radius 2 is 1.80 bits per heavy atom. The summed E-state index contributed by atoms with van der Waals surface area (Å²) in [5, 5.41) is 2.72. The van der Waals surface area contributed by atoms with Crippen LogP contribution in [0.1, 0.15) is 81.1 Å². The summed E-state index contributed by atoms with van der Waals surface area (Å²) in [7, 11) is 0. The average molecular weight is 623 g/mol. The Morgan fingerprint density at radius 3 is 2.48 bits per heavy atom. The predicted molar refractivity (Wildman–Crippen MR) is 162 cm³/mol. The minimum Gasteiger partial charge on any atom is -0.444 e. The van der Waals surface area contributed by atoms with E-state index in [-0.39, 0.29) is 39.8 Å². The molecule has 44 heavy (non-hydrogen) atoms. The van der Waals surface area contributed by atoms with E-state index in [0.717, 1.165) is 11.8 Å². The smallest absolute Gasteiger partial charge is 0.408 e. The van der Waals surface area contributed by atoms with Crippen molar-refractivity contribution in [3.63, 3.8) is 0 Å². The van der Waals surface area contributed by atoms with Gasteiger partial charge in [-0.2, -0.15) is 0 Å². The van der Waals surface area contributed by atoms with Crippen LogP contribution in [0.25, 0.3) is 17.1 Å². The van der Waals surface area contributed by atoms with E-state index in [0.29, 0.717) is 23.2 Å². The molecule has 1 aliphatic carbocycles. The van der Waals surface area contributed by atoms with Crippen molar-refractivity contribution >= 4 is 17.7 Å². The summed E-state index contributed by atoms with van der Waals surface area (Å²) < 4.78 is 36.7. The molecule has 0 saturated heterocycles. The van der Waals surface area contributed by atoms with Gasteiger partial charge in [0.1, 0.15) is 22.1 Å². The van der Waals surface area contributed by atoms with E-state index in [1.165, 1.54) is 29.1 Å². The lowest BCUT2D eigenvalue weighted by atomic mass is 10.0. The molecule has 4 aromatic rings. The van der Waals surface area contributed by atoms with E-state index in [4.69, 9.17) is 16.3 Å². The molecular formula is C32H33ClF2N6O3. The van der Waals surface area contributed by atoms with Crippen molar-refractivity contribution in [3.05, 3.63) is 98.2 Å². The van der Waals surface area contributed by atoms with Crippen LogP contribution in [0.15, 0.2) is 47.8 Å². The van der Waals surface area contributed by atoms with Gasteiger partial charge >= 0.3 is 6.09 Å². The highest BCUT2D eigenvalue weighted by Gasteiger charge is 2.42. The molecule has 5 rings (SSSR count). The number of nitrogens with zero attached hydrogens (tertiary/aromatic N) is 5. The minimum atomic E-state index is -1.07. The summed E-state index contributed by atoms with van der Waals surface area (Å²) in [5.41, 5.74) is -0.0328. The van der Waals surface area contributed by atoms with Gasteiger partial charge < -0.3 is 10.1 Å². The molecule has 4 aromatic heterocycles. The van der Waals surface area contributed by atoms with Gasteiger partial charge in [0.15, 0.2) is 11.6 Å². The highest BCUT2D eigenvalue weighted by molar-refractivity contribution is 6.31. The number of rotatable bonds is 6. The van der Waals surface area contributed by atoms with E-state index >= 15 is 4.39 Å². The van der Waals surface area contributed by atoms with Crippen molar-refractivity contribution in [2.75, 3.05) is 0 Å². The molecule has 230 valence electrons. The van der Waals surface area contributed by atoms with Crippen molar-refractivity contribution in [1.29, 1.82) is 0 Å². The maximum absolute atomic E-state index is 16.4. The van der Waals surface area contributed by atoms with Crippen LogP contribution in [0.4, 0.5) is 13.6 Å². The van der Waals surface area contributed by atoms with Crippen molar-refractivity contribution in [1.82, 2.24) is 29.8 Å². The van der Waals surface area contributed by atoms with Gasteiger partial charge in [-0.15, -0.1) is 0 Å². The monoisotopic (exact) mass is 622 g/mol. The SMILES string of the molecule is Cc1cnc(-c2ccnc(C(C)(C)NC(=O)OC(C)(C)C)n2)c(F)c1-n1c(C)cc([C@H]2C[C@@H]2c2cncc(F)c2)c(Cl)c1=O. The molecule has 1 fully saturated rings. The third kappa shape index (κ3) is 6.19. The number of pyridine rings is 3. The topological polar surface area (TPSA) is 112 Å². The number of carbonyl (C=O) groups is 1. The second kappa shape index (κ2) is 11.4. The molecule has 1 amide bonds. The Morgan fingerprint density at radius 1 is 1.07 bits per heavy atom. The van der Waals surface area contributed by atoms with Gasteiger partial charge in [0.25, 0.3) is 5.56 Å². The predicted octanol–water partition coefficient (Wildman–Crippen LogP) is 6.66. The van der Waals surface area contributed by atoms with E-state index in [2.05, 4.69) is 25.3 Å². The van der Waals surface area contributed by atoms with Gasteiger partial charge in [-0.1, -0.05) is 11.6 Å². The fourth-order valence-electron chi connectivity index (χ4n) is 5.24. The summed E-state index contributed by atoms with van der Waals surface area (Å²) in [6, 6.07) is 4.70. The second-order valence-electron chi connectivity index (χ2n) is 12.6. The minimum absolute atomic E-state index is 0.000991.